The van der Waals surface area contributed by atoms with Crippen molar-refractivity contribution in [2.45, 2.75) is 56.6 Å². The minimum absolute atomic E-state index is 0.0112. The van der Waals surface area contributed by atoms with E-state index in [4.69, 9.17) is 5.73 Å². The molecule has 0 spiro atoms. The van der Waals surface area contributed by atoms with Crippen molar-refractivity contribution in [3.05, 3.63) is 16.9 Å². The summed E-state index contributed by atoms with van der Waals surface area (Å²) in [6, 6.07) is -0.981. The van der Waals surface area contributed by atoms with Gasteiger partial charge in [0.1, 0.15) is 18.6 Å². The Balaban J connectivity index is 1.22. The fourth-order valence-corrected chi connectivity index (χ4v) is 7.88. The Bertz CT molecular complexity index is 1180. The van der Waals surface area contributed by atoms with Crippen molar-refractivity contribution >= 4 is 35.3 Å². The highest BCUT2D eigenvalue weighted by molar-refractivity contribution is 8.03. The standard InChI is InChI=1S/C24H34N8O6S/c1-11(3-14(34)7-31-10-27-28-29-31)18-19-12(2)21(20(24(37)38)32(19)23(18)36)39-15-4-17(26-5-15)22(35)30-6-13(9-33)16(25)8-30/h10-13,15-19,26,33H,3-9,25H2,1-2H3,(H,37,38)/t11?,12-,13?,15+,16?,17+,18-,19-/m1/s1. The van der Waals surface area contributed by atoms with Gasteiger partial charge in [0.25, 0.3) is 0 Å². The molecule has 5 rings (SSSR count). The average molecular weight is 563 g/mol. The van der Waals surface area contributed by atoms with Crippen LogP contribution in [0, 0.1) is 23.7 Å². The number of fused-ring (bicyclic) bond motifs is 1. The molecule has 0 radical (unpaired) electrons. The molecule has 0 aliphatic carbocycles. The number of aliphatic hydroxyl groups is 1. The van der Waals surface area contributed by atoms with Crippen LogP contribution in [0.4, 0.5) is 0 Å². The molecule has 212 valence electrons. The van der Waals surface area contributed by atoms with Crippen LogP contribution < -0.4 is 11.1 Å². The monoisotopic (exact) mass is 562 g/mol. The van der Waals surface area contributed by atoms with Crippen molar-refractivity contribution in [2.75, 3.05) is 26.2 Å². The fraction of sp³-hybridized carbons (Fsp3) is 0.708. The summed E-state index contributed by atoms with van der Waals surface area (Å²) < 4.78 is 1.33. The second-order valence-corrected chi connectivity index (χ2v) is 12.4. The van der Waals surface area contributed by atoms with Gasteiger partial charge in [-0.15, -0.1) is 16.9 Å². The third kappa shape index (κ3) is 5.08. The maximum atomic E-state index is 13.2. The number of carboxylic acid groups (broad SMARTS) is 1. The quantitative estimate of drug-likeness (QED) is 0.236. The van der Waals surface area contributed by atoms with Crippen LogP contribution in [0.2, 0.25) is 0 Å². The highest BCUT2D eigenvalue weighted by atomic mass is 32.2. The van der Waals surface area contributed by atoms with Crippen LogP contribution in [0.1, 0.15) is 26.7 Å². The lowest BCUT2D eigenvalue weighted by Crippen LogP contribution is -2.62. The minimum atomic E-state index is -1.15. The molecule has 3 unspecified atom stereocenters. The van der Waals surface area contributed by atoms with Crippen LogP contribution in [-0.2, 0) is 25.7 Å². The number of tetrazole rings is 1. The summed E-state index contributed by atoms with van der Waals surface area (Å²) in [5, 5.41) is 33.5. The van der Waals surface area contributed by atoms with E-state index < -0.39 is 17.9 Å². The number of aliphatic carboxylic acids is 1. The molecule has 8 atom stereocenters. The zero-order valence-corrected chi connectivity index (χ0v) is 22.7. The van der Waals surface area contributed by atoms with E-state index in [0.717, 1.165) is 0 Å². The number of likely N-dealkylation sites (tertiary alicyclic amines) is 1. The summed E-state index contributed by atoms with van der Waals surface area (Å²) in [6.07, 6.45) is 2.03. The number of carboxylic acids is 1. The number of Topliss-reactive ketones (excluding diaryl/α,β-unsaturated/α-hetero) is 1. The normalized spacial score (nSPS) is 32.9. The Morgan fingerprint density at radius 1 is 1.31 bits per heavy atom. The Morgan fingerprint density at radius 2 is 2.08 bits per heavy atom. The van der Waals surface area contributed by atoms with Crippen LogP contribution in [0.5, 0.6) is 0 Å². The number of nitrogens with two attached hydrogens (primary N) is 1. The third-order valence-electron chi connectivity index (χ3n) is 8.40. The van der Waals surface area contributed by atoms with Gasteiger partial charge in [-0.3, -0.25) is 14.4 Å². The number of β-lactam (4-membered cyclic amide) rings is 1. The Kier molecular flexibility index (Phi) is 7.77. The highest BCUT2D eigenvalue weighted by Crippen LogP contribution is 2.53. The maximum absolute atomic E-state index is 13.2. The van der Waals surface area contributed by atoms with Crippen LogP contribution in [-0.4, -0.2) is 113 Å². The van der Waals surface area contributed by atoms with Gasteiger partial charge < -0.3 is 31.1 Å². The first-order chi connectivity index (χ1) is 18.6. The molecule has 4 aliphatic rings. The molecule has 39 heavy (non-hydrogen) atoms. The fourth-order valence-electron chi connectivity index (χ4n) is 6.40. The number of carbonyl (C=O) groups excluding carboxylic acids is 3. The lowest BCUT2D eigenvalue weighted by molar-refractivity contribution is -0.160. The van der Waals surface area contributed by atoms with E-state index in [0.29, 0.717) is 31.0 Å². The van der Waals surface area contributed by atoms with Crippen molar-refractivity contribution in [1.29, 1.82) is 0 Å². The van der Waals surface area contributed by atoms with E-state index in [1.807, 2.05) is 13.8 Å². The van der Waals surface area contributed by atoms with E-state index in [1.54, 1.807) is 4.90 Å². The summed E-state index contributed by atoms with van der Waals surface area (Å²) in [6.45, 7) is 5.08. The lowest BCUT2D eigenvalue weighted by Gasteiger charge is -2.47. The van der Waals surface area contributed by atoms with Crippen molar-refractivity contribution in [1.82, 2.24) is 35.3 Å². The second-order valence-electron chi connectivity index (χ2n) is 11.0. The summed E-state index contributed by atoms with van der Waals surface area (Å²) in [7, 11) is 0. The number of aliphatic hydroxyl groups excluding tert-OH is 1. The molecule has 0 bridgehead atoms. The largest absolute Gasteiger partial charge is 0.477 e. The van der Waals surface area contributed by atoms with E-state index in [1.165, 1.54) is 27.7 Å². The first kappa shape index (κ1) is 27.7. The molecule has 5 N–H and O–H groups in total. The number of ketones is 1. The van der Waals surface area contributed by atoms with Gasteiger partial charge >= 0.3 is 5.97 Å². The van der Waals surface area contributed by atoms with Gasteiger partial charge in [0.05, 0.1) is 18.0 Å². The zero-order valence-electron chi connectivity index (χ0n) is 21.8. The third-order valence-corrected chi connectivity index (χ3v) is 9.92. The van der Waals surface area contributed by atoms with Gasteiger partial charge in [-0.1, -0.05) is 13.8 Å². The summed E-state index contributed by atoms with van der Waals surface area (Å²) in [4.78, 5) is 54.8. The zero-order chi connectivity index (χ0) is 28.0. The number of amides is 2. The molecule has 0 saturated carbocycles. The number of aromatic nitrogens is 4. The van der Waals surface area contributed by atoms with Gasteiger partial charge in [0.2, 0.25) is 11.8 Å². The number of carbonyl (C=O) groups is 4. The Labute approximate surface area is 229 Å². The molecule has 1 aromatic heterocycles. The highest BCUT2D eigenvalue weighted by Gasteiger charge is 2.60. The molecular formula is C24H34N8O6S. The maximum Gasteiger partial charge on any atom is 0.353 e. The van der Waals surface area contributed by atoms with Crippen molar-refractivity contribution in [2.24, 2.45) is 29.4 Å². The summed E-state index contributed by atoms with van der Waals surface area (Å²) in [5.74, 6) is -2.66. The molecule has 2 amide bonds. The van der Waals surface area contributed by atoms with Gasteiger partial charge in [-0.05, 0) is 22.8 Å². The number of hydrogen-bond donors (Lipinski definition) is 4. The number of nitrogens with zero attached hydrogens (tertiary/aromatic N) is 6. The number of hydrogen-bond acceptors (Lipinski definition) is 11. The van der Waals surface area contributed by atoms with Crippen molar-refractivity contribution < 1.29 is 29.4 Å². The molecule has 4 aliphatic heterocycles. The summed E-state index contributed by atoms with van der Waals surface area (Å²) >= 11 is 1.42. The van der Waals surface area contributed by atoms with E-state index in [-0.39, 0.29) is 78.0 Å². The predicted octanol–water partition coefficient (Wildman–Crippen LogP) is -1.72. The molecule has 15 heteroatoms. The predicted molar refractivity (Wildman–Crippen MR) is 137 cm³/mol. The van der Waals surface area contributed by atoms with Gasteiger partial charge in [0, 0.05) is 60.7 Å². The first-order valence-corrected chi connectivity index (χ1v) is 14.1. The topological polar surface area (TPSA) is 197 Å². The number of thioether (sulfide) groups is 1. The smallest absolute Gasteiger partial charge is 0.353 e. The van der Waals surface area contributed by atoms with Crippen LogP contribution in [0.25, 0.3) is 0 Å². The summed E-state index contributed by atoms with van der Waals surface area (Å²) in [5.41, 5.74) is 6.05. The van der Waals surface area contributed by atoms with Crippen LogP contribution >= 0.6 is 11.8 Å². The molecular weight excluding hydrogens is 528 g/mol. The van der Waals surface area contributed by atoms with Crippen molar-refractivity contribution in [3.63, 3.8) is 0 Å². The second kappa shape index (κ2) is 10.9. The number of rotatable bonds is 10. The first-order valence-electron chi connectivity index (χ1n) is 13.2. The average Bonchev–Trinajstić information content (AvgIpc) is 3.67. The SMILES string of the molecule is CC(CC(=O)Cn1cnnn1)[C@H]1C(=O)N2C(C(=O)O)=C(S[C@@H]3CN[C@H](C(=O)N4CC(N)C(CO)C4)C3)[C@H](C)[C@H]12. The van der Waals surface area contributed by atoms with Gasteiger partial charge in [-0.25, -0.2) is 9.48 Å². The van der Waals surface area contributed by atoms with E-state index in [2.05, 4.69) is 20.8 Å². The molecule has 5 heterocycles. The molecule has 0 aromatic carbocycles. The molecule has 14 nitrogen and oxygen atoms in total. The minimum Gasteiger partial charge on any atom is -0.477 e. The van der Waals surface area contributed by atoms with Crippen molar-refractivity contribution in [3.8, 4) is 0 Å². The van der Waals surface area contributed by atoms with Crippen LogP contribution in [0.15, 0.2) is 16.9 Å². The van der Waals surface area contributed by atoms with E-state index in [9.17, 15) is 29.4 Å². The van der Waals surface area contributed by atoms with Gasteiger partial charge in [-0.2, -0.15) is 0 Å². The Morgan fingerprint density at radius 3 is 2.72 bits per heavy atom. The van der Waals surface area contributed by atoms with E-state index >= 15 is 0 Å². The molecule has 1 aromatic rings. The van der Waals surface area contributed by atoms with Gasteiger partial charge in [0.15, 0.2) is 5.78 Å². The Hall–Kier alpha value is -2.88. The number of nitrogens with one attached hydrogen (secondary N) is 1. The lowest BCUT2D eigenvalue weighted by atomic mass is 9.73. The molecule has 3 saturated heterocycles. The molecule has 3 fully saturated rings. The van der Waals surface area contributed by atoms with Crippen LogP contribution in [0.3, 0.4) is 0 Å².